The summed E-state index contributed by atoms with van der Waals surface area (Å²) in [4.78, 5) is 25.9. The van der Waals surface area contributed by atoms with E-state index < -0.39 is 5.54 Å². The summed E-state index contributed by atoms with van der Waals surface area (Å²) in [6.45, 7) is 6.34. The molecule has 0 aliphatic carbocycles. The number of ether oxygens (including phenoxy) is 1. The van der Waals surface area contributed by atoms with E-state index in [4.69, 9.17) is 4.74 Å². The van der Waals surface area contributed by atoms with Gasteiger partial charge in [0.05, 0.1) is 5.54 Å². The van der Waals surface area contributed by atoms with Crippen molar-refractivity contribution in [2.24, 2.45) is 0 Å². The van der Waals surface area contributed by atoms with Gasteiger partial charge in [0.15, 0.2) is 0 Å². The van der Waals surface area contributed by atoms with Gasteiger partial charge in [0.25, 0.3) is 0 Å². The van der Waals surface area contributed by atoms with E-state index in [1.165, 1.54) is 0 Å². The number of hydrogen-bond donors (Lipinski definition) is 0. The van der Waals surface area contributed by atoms with E-state index in [0.717, 1.165) is 11.3 Å². The van der Waals surface area contributed by atoms with E-state index in [2.05, 4.69) is 0 Å². The molecule has 2 rings (SSSR count). The van der Waals surface area contributed by atoms with Crippen LogP contribution in [0.25, 0.3) is 0 Å². The molecule has 1 aliphatic rings. The third-order valence-corrected chi connectivity index (χ3v) is 5.28. The maximum Gasteiger partial charge on any atom is 0.321 e. The summed E-state index contributed by atoms with van der Waals surface area (Å²) >= 11 is 1.57. The molecule has 0 N–H and O–H groups in total. The van der Waals surface area contributed by atoms with Crippen LogP contribution in [0.15, 0.2) is 30.3 Å². The molecule has 1 heterocycles. The quantitative estimate of drug-likeness (QED) is 0.805. The maximum absolute atomic E-state index is 12.4. The largest absolute Gasteiger partial charge is 0.460 e. The van der Waals surface area contributed by atoms with Crippen LogP contribution in [0.4, 0.5) is 0 Å². The molecule has 1 aromatic carbocycles. The van der Waals surface area contributed by atoms with Crippen LogP contribution in [-0.2, 0) is 20.9 Å². The van der Waals surface area contributed by atoms with Gasteiger partial charge in [-0.2, -0.15) is 0 Å². The van der Waals surface area contributed by atoms with Crippen molar-refractivity contribution in [2.75, 3.05) is 12.3 Å². The third-order valence-electron chi connectivity index (χ3n) is 3.75. The lowest BCUT2D eigenvalue weighted by Crippen LogP contribution is -2.59. The van der Waals surface area contributed by atoms with Crippen molar-refractivity contribution in [3.63, 3.8) is 0 Å². The monoisotopic (exact) mass is 307 g/mol. The van der Waals surface area contributed by atoms with Crippen LogP contribution >= 0.6 is 11.8 Å². The molecule has 1 aromatic rings. The highest BCUT2D eigenvalue weighted by Crippen LogP contribution is 2.34. The Hall–Kier alpha value is -1.49. The predicted molar refractivity (Wildman–Crippen MR) is 84.0 cm³/mol. The molecule has 1 fully saturated rings. The molecule has 0 aromatic heterocycles. The molecule has 21 heavy (non-hydrogen) atoms. The predicted octanol–water partition coefficient (Wildman–Crippen LogP) is 2.47. The third kappa shape index (κ3) is 3.59. The highest BCUT2D eigenvalue weighted by Gasteiger charge is 2.45. The molecule has 0 spiro atoms. The zero-order chi connectivity index (χ0) is 15.5. The Kier molecular flexibility index (Phi) is 4.93. The SMILES string of the molecule is CC(=O)N1CCSC(C(=O)OCc2ccccc2)C1(C)C. The van der Waals surface area contributed by atoms with Crippen LogP contribution in [0.3, 0.4) is 0 Å². The second-order valence-electron chi connectivity index (χ2n) is 5.67. The van der Waals surface area contributed by atoms with Gasteiger partial charge in [0.1, 0.15) is 11.9 Å². The van der Waals surface area contributed by atoms with Crippen LogP contribution < -0.4 is 0 Å². The standard InChI is InChI=1S/C16H21NO3S/c1-12(18)17-9-10-21-14(16(17,2)3)15(19)20-11-13-7-5-4-6-8-13/h4-8,14H,9-11H2,1-3H3. The maximum atomic E-state index is 12.4. The summed E-state index contributed by atoms with van der Waals surface area (Å²) in [5.41, 5.74) is 0.440. The van der Waals surface area contributed by atoms with Gasteiger partial charge >= 0.3 is 5.97 Å². The molecule has 0 radical (unpaired) electrons. The summed E-state index contributed by atoms with van der Waals surface area (Å²) in [6.07, 6.45) is 0. The van der Waals surface area contributed by atoms with E-state index >= 15 is 0 Å². The van der Waals surface area contributed by atoms with Crippen molar-refractivity contribution in [1.29, 1.82) is 0 Å². The van der Waals surface area contributed by atoms with E-state index in [0.29, 0.717) is 6.54 Å². The molecule has 1 aliphatic heterocycles. The second-order valence-corrected chi connectivity index (χ2v) is 6.88. The fraction of sp³-hybridized carbons (Fsp3) is 0.500. The number of carbonyl (C=O) groups is 2. The van der Waals surface area contributed by atoms with Gasteiger partial charge in [-0.15, -0.1) is 11.8 Å². The average Bonchev–Trinajstić information content (AvgIpc) is 2.44. The lowest BCUT2D eigenvalue weighted by molar-refractivity contribution is -0.149. The first kappa shape index (κ1) is 15.9. The number of hydrogen-bond acceptors (Lipinski definition) is 4. The number of thioether (sulfide) groups is 1. The summed E-state index contributed by atoms with van der Waals surface area (Å²) in [7, 11) is 0. The van der Waals surface area contributed by atoms with Crippen molar-refractivity contribution in [2.45, 2.75) is 38.2 Å². The highest BCUT2D eigenvalue weighted by atomic mass is 32.2. The van der Waals surface area contributed by atoms with Gasteiger partial charge in [-0.3, -0.25) is 9.59 Å². The average molecular weight is 307 g/mol. The van der Waals surface area contributed by atoms with E-state index in [-0.39, 0.29) is 23.7 Å². The highest BCUT2D eigenvalue weighted by molar-refractivity contribution is 8.00. The van der Waals surface area contributed by atoms with Crippen LogP contribution in [0.5, 0.6) is 0 Å². The van der Waals surface area contributed by atoms with Crippen LogP contribution in [-0.4, -0.2) is 39.9 Å². The minimum absolute atomic E-state index is 0.00107. The molecular weight excluding hydrogens is 286 g/mol. The first-order valence-corrected chi connectivity index (χ1v) is 8.08. The van der Waals surface area contributed by atoms with Gasteiger partial charge < -0.3 is 9.64 Å². The molecule has 0 saturated carbocycles. The zero-order valence-electron chi connectivity index (χ0n) is 12.7. The normalized spacial score (nSPS) is 20.9. The molecule has 1 unspecified atom stereocenters. The first-order chi connectivity index (χ1) is 9.93. The van der Waals surface area contributed by atoms with Gasteiger partial charge in [-0.25, -0.2) is 0 Å². The van der Waals surface area contributed by atoms with Gasteiger partial charge in [-0.1, -0.05) is 30.3 Å². The van der Waals surface area contributed by atoms with Crippen molar-refractivity contribution in [1.82, 2.24) is 4.90 Å². The molecule has 0 bridgehead atoms. The second kappa shape index (κ2) is 6.52. The summed E-state index contributed by atoms with van der Waals surface area (Å²) in [6, 6.07) is 9.61. The Labute approximate surface area is 129 Å². The van der Waals surface area contributed by atoms with Gasteiger partial charge in [-0.05, 0) is 19.4 Å². The van der Waals surface area contributed by atoms with Gasteiger partial charge in [0, 0.05) is 19.2 Å². The first-order valence-electron chi connectivity index (χ1n) is 7.03. The van der Waals surface area contributed by atoms with Crippen LogP contribution in [0.1, 0.15) is 26.3 Å². The van der Waals surface area contributed by atoms with E-state index in [9.17, 15) is 9.59 Å². The molecule has 1 saturated heterocycles. The van der Waals surface area contributed by atoms with Crippen LogP contribution in [0, 0.1) is 0 Å². The van der Waals surface area contributed by atoms with Crippen molar-refractivity contribution < 1.29 is 14.3 Å². The zero-order valence-corrected chi connectivity index (χ0v) is 13.5. The smallest absolute Gasteiger partial charge is 0.321 e. The van der Waals surface area contributed by atoms with Gasteiger partial charge in [0.2, 0.25) is 5.91 Å². The van der Waals surface area contributed by atoms with E-state index in [1.807, 2.05) is 44.2 Å². The summed E-state index contributed by atoms with van der Waals surface area (Å²) in [5, 5.41) is -0.348. The van der Waals surface area contributed by atoms with Crippen molar-refractivity contribution in [3.05, 3.63) is 35.9 Å². The molecule has 1 amide bonds. The number of benzene rings is 1. The summed E-state index contributed by atoms with van der Waals surface area (Å²) in [5.74, 6) is 0.509. The topological polar surface area (TPSA) is 46.6 Å². The minimum Gasteiger partial charge on any atom is -0.460 e. The fourth-order valence-corrected chi connectivity index (χ4v) is 3.88. The number of esters is 1. The molecule has 1 atom stereocenters. The number of rotatable bonds is 3. The van der Waals surface area contributed by atoms with E-state index in [1.54, 1.807) is 23.6 Å². The summed E-state index contributed by atoms with van der Waals surface area (Å²) < 4.78 is 5.43. The lowest BCUT2D eigenvalue weighted by Gasteiger charge is -2.45. The Morgan fingerprint density at radius 1 is 1.33 bits per heavy atom. The number of amides is 1. The number of carbonyl (C=O) groups excluding carboxylic acids is 2. The molecular formula is C16H21NO3S. The minimum atomic E-state index is -0.525. The van der Waals surface area contributed by atoms with Crippen molar-refractivity contribution in [3.8, 4) is 0 Å². The fourth-order valence-electron chi connectivity index (χ4n) is 2.62. The Morgan fingerprint density at radius 2 is 2.00 bits per heavy atom. The van der Waals surface area contributed by atoms with Crippen molar-refractivity contribution >= 4 is 23.6 Å². The lowest BCUT2D eigenvalue weighted by atomic mass is 9.96. The Bertz CT molecular complexity index is 516. The number of nitrogens with zero attached hydrogens (tertiary/aromatic N) is 1. The molecule has 5 heteroatoms. The van der Waals surface area contributed by atoms with Crippen LogP contribution in [0.2, 0.25) is 0 Å². The molecule has 114 valence electrons. The molecule has 4 nitrogen and oxygen atoms in total. The Morgan fingerprint density at radius 3 is 2.62 bits per heavy atom. The Balaban J connectivity index is 2.02.